The van der Waals surface area contributed by atoms with Gasteiger partial charge in [-0.05, 0) is 29.8 Å². The molecule has 0 atom stereocenters. The first-order valence-corrected chi connectivity index (χ1v) is 9.00. The van der Waals surface area contributed by atoms with Gasteiger partial charge >= 0.3 is 0 Å². The fourth-order valence-electron chi connectivity index (χ4n) is 2.77. The first kappa shape index (κ1) is 16.5. The van der Waals surface area contributed by atoms with Crippen molar-refractivity contribution in [3.8, 4) is 0 Å². The maximum atomic E-state index is 13.4. The number of rotatable bonds is 3. The Morgan fingerprint density at radius 2 is 1.96 bits per heavy atom. The fraction of sp³-hybridized carbons (Fsp3) is 0.100. The average Bonchev–Trinajstić information content (AvgIpc) is 2.98. The zero-order chi connectivity index (χ0) is 17.9. The fourth-order valence-corrected chi connectivity index (χ4v) is 3.69. The summed E-state index contributed by atoms with van der Waals surface area (Å²) in [6, 6.07) is 16.2. The summed E-state index contributed by atoms with van der Waals surface area (Å²) in [5.41, 5.74) is 1.71. The zero-order valence-electron chi connectivity index (χ0n) is 13.9. The molecule has 2 aromatic carbocycles. The third-order valence-electron chi connectivity index (χ3n) is 4.09. The molecule has 0 aliphatic carbocycles. The Morgan fingerprint density at radius 3 is 2.77 bits per heavy atom. The number of hydrogen-bond donors (Lipinski definition) is 0. The minimum atomic E-state index is -0.300. The van der Waals surface area contributed by atoms with Crippen molar-refractivity contribution in [3.63, 3.8) is 0 Å². The van der Waals surface area contributed by atoms with Crippen LogP contribution in [0, 0.1) is 5.82 Å². The summed E-state index contributed by atoms with van der Waals surface area (Å²) >= 11 is 1.37. The largest absolute Gasteiger partial charge is 0.333 e. The average molecular weight is 365 g/mol. The number of benzene rings is 2. The lowest BCUT2D eigenvalue weighted by molar-refractivity contribution is 0.565. The zero-order valence-corrected chi connectivity index (χ0v) is 14.7. The number of anilines is 1. The second-order valence-electron chi connectivity index (χ2n) is 5.88. The Bertz CT molecular complexity index is 1130. The van der Waals surface area contributed by atoms with Gasteiger partial charge in [-0.15, -0.1) is 0 Å². The second-order valence-corrected chi connectivity index (χ2v) is 6.89. The molecule has 6 heteroatoms. The number of aromatic nitrogens is 1. The van der Waals surface area contributed by atoms with Gasteiger partial charge < -0.3 is 4.90 Å². The molecule has 0 fully saturated rings. The van der Waals surface area contributed by atoms with Crippen LogP contribution >= 0.6 is 11.3 Å². The van der Waals surface area contributed by atoms with E-state index in [1.54, 1.807) is 10.6 Å². The van der Waals surface area contributed by atoms with Crippen molar-refractivity contribution in [2.75, 3.05) is 11.6 Å². The van der Waals surface area contributed by atoms with E-state index in [4.69, 9.17) is 0 Å². The van der Waals surface area contributed by atoms with Gasteiger partial charge in [-0.2, -0.15) is 0 Å². The second kappa shape index (κ2) is 7.09. The highest BCUT2D eigenvalue weighted by molar-refractivity contribution is 7.07. The molecule has 26 heavy (non-hydrogen) atoms. The van der Waals surface area contributed by atoms with E-state index in [2.05, 4.69) is 4.99 Å². The molecular formula is C20H16FN3OS. The molecule has 0 saturated heterocycles. The van der Waals surface area contributed by atoms with Crippen molar-refractivity contribution in [3.05, 3.63) is 91.7 Å². The molecule has 3 aromatic rings. The van der Waals surface area contributed by atoms with Crippen molar-refractivity contribution in [2.45, 2.75) is 6.67 Å². The molecule has 0 radical (unpaired) electrons. The molecule has 130 valence electrons. The van der Waals surface area contributed by atoms with E-state index in [1.165, 1.54) is 23.5 Å². The molecular weight excluding hydrogens is 349 g/mol. The van der Waals surface area contributed by atoms with Gasteiger partial charge in [-0.25, -0.2) is 9.38 Å². The van der Waals surface area contributed by atoms with Crippen LogP contribution in [0.25, 0.3) is 12.2 Å². The van der Waals surface area contributed by atoms with Crippen LogP contribution in [0.5, 0.6) is 0 Å². The highest BCUT2D eigenvalue weighted by atomic mass is 32.1. The van der Waals surface area contributed by atoms with Crippen LogP contribution in [0.3, 0.4) is 0 Å². The number of halogens is 1. The van der Waals surface area contributed by atoms with Gasteiger partial charge in [-0.3, -0.25) is 9.36 Å². The number of thiazole rings is 1. The molecule has 0 spiro atoms. The Labute approximate surface area is 153 Å². The Morgan fingerprint density at radius 1 is 1.12 bits per heavy atom. The van der Waals surface area contributed by atoms with E-state index in [9.17, 15) is 9.18 Å². The summed E-state index contributed by atoms with van der Waals surface area (Å²) in [6.07, 6.45) is 5.64. The molecule has 4 rings (SSSR count). The third kappa shape index (κ3) is 3.36. The lowest BCUT2D eigenvalue weighted by atomic mass is 10.2. The van der Waals surface area contributed by atoms with E-state index in [-0.39, 0.29) is 11.4 Å². The number of fused-ring (bicyclic) bond motifs is 1. The van der Waals surface area contributed by atoms with Gasteiger partial charge in [0.25, 0.3) is 5.56 Å². The van der Waals surface area contributed by atoms with E-state index in [1.807, 2.05) is 59.5 Å². The third-order valence-corrected chi connectivity index (χ3v) is 5.15. The van der Waals surface area contributed by atoms with Gasteiger partial charge in [0.15, 0.2) is 4.80 Å². The van der Waals surface area contributed by atoms with Gasteiger partial charge in [0.2, 0.25) is 0 Å². The summed E-state index contributed by atoms with van der Waals surface area (Å²) in [5.74, 6) is -0.300. The number of allylic oxidation sites excluding steroid dienone is 1. The number of hydrogen-bond acceptors (Lipinski definition) is 4. The van der Waals surface area contributed by atoms with Crippen molar-refractivity contribution < 1.29 is 4.39 Å². The molecule has 0 bridgehead atoms. The van der Waals surface area contributed by atoms with Crippen LogP contribution in [0.15, 0.2) is 70.5 Å². The minimum Gasteiger partial charge on any atom is -0.333 e. The van der Waals surface area contributed by atoms with Crippen LogP contribution < -0.4 is 19.8 Å². The van der Waals surface area contributed by atoms with Crippen LogP contribution in [-0.4, -0.2) is 11.2 Å². The molecule has 2 heterocycles. The SMILES string of the molecule is O=c1/c(=C/C=C/c2ccccc2)sc2n1CN(c1cccc(F)c1)CN=2. The van der Waals surface area contributed by atoms with Gasteiger partial charge in [-0.1, -0.05) is 59.9 Å². The van der Waals surface area contributed by atoms with E-state index < -0.39 is 0 Å². The highest BCUT2D eigenvalue weighted by Gasteiger charge is 2.15. The molecule has 1 aliphatic rings. The summed E-state index contributed by atoms with van der Waals surface area (Å²) in [7, 11) is 0. The Hall–Kier alpha value is -2.99. The quantitative estimate of drug-likeness (QED) is 0.716. The molecule has 4 nitrogen and oxygen atoms in total. The van der Waals surface area contributed by atoms with Crippen molar-refractivity contribution in [1.82, 2.24) is 4.57 Å². The Balaban J connectivity index is 1.62. The standard InChI is InChI=1S/C20H16FN3OS/c21-16-9-5-10-17(12-16)23-13-22-20-24(14-23)19(25)18(26-20)11-4-8-15-6-2-1-3-7-15/h1-12H,13-14H2/b8-4+,18-11-. The highest BCUT2D eigenvalue weighted by Crippen LogP contribution is 2.16. The monoisotopic (exact) mass is 365 g/mol. The first-order chi connectivity index (χ1) is 12.7. The van der Waals surface area contributed by atoms with Crippen molar-refractivity contribution in [2.24, 2.45) is 4.99 Å². The molecule has 0 saturated carbocycles. The minimum absolute atomic E-state index is 0.0763. The number of nitrogens with zero attached hydrogens (tertiary/aromatic N) is 3. The maximum absolute atomic E-state index is 13.4. The van der Waals surface area contributed by atoms with Crippen LogP contribution in [0.4, 0.5) is 10.1 Å². The van der Waals surface area contributed by atoms with Crippen LogP contribution in [0.2, 0.25) is 0 Å². The predicted octanol–water partition coefficient (Wildman–Crippen LogP) is 2.60. The predicted molar refractivity (Wildman–Crippen MR) is 103 cm³/mol. The summed E-state index contributed by atoms with van der Waals surface area (Å²) in [5, 5.41) is 0. The van der Waals surface area contributed by atoms with Crippen LogP contribution in [0.1, 0.15) is 5.56 Å². The molecule has 1 aliphatic heterocycles. The maximum Gasteiger partial charge on any atom is 0.271 e. The summed E-state index contributed by atoms with van der Waals surface area (Å²) < 4.78 is 15.7. The molecule has 0 N–H and O–H groups in total. The van der Waals surface area contributed by atoms with Gasteiger partial charge in [0, 0.05) is 5.69 Å². The summed E-state index contributed by atoms with van der Waals surface area (Å²) in [6.45, 7) is 0.774. The Kier molecular flexibility index (Phi) is 4.50. The van der Waals surface area contributed by atoms with E-state index >= 15 is 0 Å². The summed E-state index contributed by atoms with van der Waals surface area (Å²) in [4.78, 5) is 19.7. The van der Waals surface area contributed by atoms with Gasteiger partial charge in [0.05, 0.1) is 4.53 Å². The van der Waals surface area contributed by atoms with Crippen molar-refractivity contribution >= 4 is 29.2 Å². The van der Waals surface area contributed by atoms with Crippen molar-refractivity contribution in [1.29, 1.82) is 0 Å². The first-order valence-electron chi connectivity index (χ1n) is 8.19. The smallest absolute Gasteiger partial charge is 0.271 e. The van der Waals surface area contributed by atoms with Gasteiger partial charge in [0.1, 0.15) is 19.2 Å². The normalized spacial score (nSPS) is 14.5. The lowest BCUT2D eigenvalue weighted by Crippen LogP contribution is -2.42. The topological polar surface area (TPSA) is 37.6 Å². The van der Waals surface area contributed by atoms with Crippen LogP contribution in [-0.2, 0) is 6.67 Å². The molecule has 0 unspecified atom stereocenters. The molecule has 1 aromatic heterocycles. The lowest BCUT2D eigenvalue weighted by Gasteiger charge is -2.25. The molecule has 0 amide bonds. The van der Waals surface area contributed by atoms with E-state index in [0.29, 0.717) is 28.4 Å². The van der Waals surface area contributed by atoms with E-state index in [0.717, 1.165) is 5.56 Å².